The van der Waals surface area contributed by atoms with Gasteiger partial charge >= 0.3 is 0 Å². The highest BCUT2D eigenvalue weighted by molar-refractivity contribution is 7.15. The van der Waals surface area contributed by atoms with Gasteiger partial charge in [-0.2, -0.15) is 9.50 Å². The van der Waals surface area contributed by atoms with Gasteiger partial charge in [-0.25, -0.2) is 0 Å². The van der Waals surface area contributed by atoms with Gasteiger partial charge in [-0.05, 0) is 30.3 Å². The zero-order chi connectivity index (χ0) is 20.7. The van der Waals surface area contributed by atoms with Gasteiger partial charge in [0.25, 0.3) is 11.2 Å². The van der Waals surface area contributed by atoms with Crippen molar-refractivity contribution in [3.63, 3.8) is 0 Å². The Labute approximate surface area is 171 Å². The van der Waals surface area contributed by atoms with Gasteiger partial charge in [0.1, 0.15) is 16.1 Å². The van der Waals surface area contributed by atoms with Gasteiger partial charge in [0.05, 0.1) is 10.5 Å². The van der Waals surface area contributed by atoms with Crippen molar-refractivity contribution in [2.75, 3.05) is 0 Å². The second kappa shape index (κ2) is 7.01. The molecule has 30 heavy (non-hydrogen) atoms. The van der Waals surface area contributed by atoms with E-state index >= 15 is 0 Å². The maximum atomic E-state index is 12.7. The number of thiazole rings is 1. The molecule has 0 atom stereocenters. The Morgan fingerprint density at radius 1 is 1.13 bits per heavy atom. The lowest BCUT2D eigenvalue weighted by atomic mass is 10.1. The minimum atomic E-state index is -0.462. The summed E-state index contributed by atoms with van der Waals surface area (Å²) in [7, 11) is 0. The van der Waals surface area contributed by atoms with Crippen molar-refractivity contribution in [1.82, 2.24) is 19.6 Å². The number of pyridine rings is 1. The number of benzene rings is 1. The molecule has 0 aliphatic heterocycles. The topological polar surface area (TPSA) is 116 Å². The molecule has 5 rings (SSSR count). The minimum Gasteiger partial charge on any atom is -0.456 e. The Hall–Kier alpha value is -4.18. The van der Waals surface area contributed by atoms with Crippen LogP contribution in [0.1, 0.15) is 5.76 Å². The van der Waals surface area contributed by atoms with Crippen molar-refractivity contribution in [2.45, 2.75) is 0 Å². The van der Waals surface area contributed by atoms with Gasteiger partial charge in [-0.3, -0.25) is 19.9 Å². The van der Waals surface area contributed by atoms with E-state index in [0.29, 0.717) is 32.4 Å². The van der Waals surface area contributed by atoms with Crippen LogP contribution >= 0.6 is 11.3 Å². The van der Waals surface area contributed by atoms with Gasteiger partial charge in [-0.15, -0.1) is 5.10 Å². The molecule has 1 aromatic carbocycles. The van der Waals surface area contributed by atoms with Crippen molar-refractivity contribution < 1.29 is 9.34 Å². The zero-order valence-corrected chi connectivity index (χ0v) is 15.9. The number of hydrogen-bond acceptors (Lipinski definition) is 8. The summed E-state index contributed by atoms with van der Waals surface area (Å²) in [5.74, 6) is 1.17. The molecule has 0 saturated carbocycles. The van der Waals surface area contributed by atoms with Gasteiger partial charge in [-0.1, -0.05) is 23.5 Å². The van der Waals surface area contributed by atoms with Crippen LogP contribution in [0.2, 0.25) is 0 Å². The van der Waals surface area contributed by atoms with E-state index in [-0.39, 0.29) is 11.2 Å². The van der Waals surface area contributed by atoms with Crippen molar-refractivity contribution >= 4 is 28.1 Å². The molecule has 4 heterocycles. The van der Waals surface area contributed by atoms with Gasteiger partial charge in [0.2, 0.25) is 4.96 Å². The molecular weight excluding hydrogens is 406 g/mol. The van der Waals surface area contributed by atoms with E-state index in [0.717, 1.165) is 5.56 Å². The molecule has 0 aliphatic carbocycles. The third kappa shape index (κ3) is 3.05. The molecule has 5 aromatic rings. The molecule has 0 saturated heterocycles. The van der Waals surface area contributed by atoms with E-state index in [2.05, 4.69) is 15.1 Å². The molecule has 0 amide bonds. The fourth-order valence-corrected chi connectivity index (χ4v) is 3.88. The van der Waals surface area contributed by atoms with E-state index in [1.165, 1.54) is 21.9 Å². The number of hydrogen-bond donors (Lipinski definition) is 0. The molecule has 10 heteroatoms. The predicted molar refractivity (Wildman–Crippen MR) is 110 cm³/mol. The van der Waals surface area contributed by atoms with Gasteiger partial charge in [0.15, 0.2) is 5.82 Å². The first-order chi connectivity index (χ1) is 14.6. The summed E-state index contributed by atoms with van der Waals surface area (Å²) in [5, 5.41) is 15.5. The number of fused-ring (bicyclic) bond motifs is 1. The Bertz CT molecular complexity index is 1500. The third-order valence-electron chi connectivity index (χ3n) is 4.37. The van der Waals surface area contributed by atoms with Crippen LogP contribution in [0.25, 0.3) is 33.7 Å². The normalized spacial score (nSPS) is 11.9. The number of para-hydroxylation sites is 1. The van der Waals surface area contributed by atoms with Gasteiger partial charge < -0.3 is 4.42 Å². The lowest BCUT2D eigenvalue weighted by Crippen LogP contribution is -2.23. The van der Waals surface area contributed by atoms with Crippen LogP contribution in [0.3, 0.4) is 0 Å². The molecule has 0 fully saturated rings. The van der Waals surface area contributed by atoms with Crippen LogP contribution in [-0.4, -0.2) is 24.5 Å². The Morgan fingerprint density at radius 3 is 2.77 bits per heavy atom. The quantitative estimate of drug-likeness (QED) is 0.326. The summed E-state index contributed by atoms with van der Waals surface area (Å²) in [4.78, 5) is 32.3. The van der Waals surface area contributed by atoms with Crippen LogP contribution in [0.5, 0.6) is 0 Å². The first-order valence-electron chi connectivity index (χ1n) is 8.75. The Morgan fingerprint density at radius 2 is 2.00 bits per heavy atom. The summed E-state index contributed by atoms with van der Waals surface area (Å²) >= 11 is 1.18. The summed E-state index contributed by atoms with van der Waals surface area (Å²) in [5.41, 5.74) is 0.720. The fraction of sp³-hybridized carbons (Fsp3) is 0. The van der Waals surface area contributed by atoms with Crippen LogP contribution in [0.15, 0.2) is 70.1 Å². The summed E-state index contributed by atoms with van der Waals surface area (Å²) in [6, 6.07) is 13.2. The molecule has 4 aromatic heterocycles. The Balaban J connectivity index is 1.54. The summed E-state index contributed by atoms with van der Waals surface area (Å²) < 4.78 is 7.37. The smallest absolute Gasteiger partial charge is 0.291 e. The van der Waals surface area contributed by atoms with E-state index < -0.39 is 4.92 Å². The average Bonchev–Trinajstić information content (AvgIpc) is 3.46. The predicted octanol–water partition coefficient (Wildman–Crippen LogP) is 2.93. The number of aromatic nitrogens is 4. The molecule has 0 aliphatic rings. The highest BCUT2D eigenvalue weighted by atomic mass is 32.1. The molecule has 0 unspecified atom stereocenters. The van der Waals surface area contributed by atoms with E-state index in [9.17, 15) is 14.9 Å². The maximum absolute atomic E-state index is 12.7. The van der Waals surface area contributed by atoms with Crippen molar-refractivity contribution in [1.29, 1.82) is 0 Å². The second-order valence-electron chi connectivity index (χ2n) is 6.26. The number of nitrogens with zero attached hydrogens (tertiary/aromatic N) is 5. The van der Waals surface area contributed by atoms with Crippen molar-refractivity contribution in [2.24, 2.45) is 0 Å². The molecule has 0 radical (unpaired) electrons. The van der Waals surface area contributed by atoms with Crippen LogP contribution in [-0.2, 0) is 0 Å². The second-order valence-corrected chi connectivity index (χ2v) is 7.27. The monoisotopic (exact) mass is 417 g/mol. The maximum Gasteiger partial charge on any atom is 0.291 e. The fourth-order valence-electron chi connectivity index (χ4n) is 3.00. The number of nitro benzene ring substituents is 1. The zero-order valence-electron chi connectivity index (χ0n) is 15.1. The van der Waals surface area contributed by atoms with E-state index in [1.807, 2.05) is 6.07 Å². The lowest BCUT2D eigenvalue weighted by molar-refractivity contribution is -0.384. The molecule has 9 nitrogen and oxygen atoms in total. The molecule has 0 N–H and O–H groups in total. The van der Waals surface area contributed by atoms with Gasteiger partial charge in [0, 0.05) is 30.1 Å². The lowest BCUT2D eigenvalue weighted by Gasteiger charge is -1.98. The first-order valence-corrected chi connectivity index (χ1v) is 9.57. The largest absolute Gasteiger partial charge is 0.456 e. The van der Waals surface area contributed by atoms with Crippen molar-refractivity contribution in [3.8, 4) is 22.7 Å². The molecule has 146 valence electrons. The number of rotatable bonds is 4. The van der Waals surface area contributed by atoms with Crippen LogP contribution < -0.4 is 10.1 Å². The number of nitro groups is 1. The summed E-state index contributed by atoms with van der Waals surface area (Å²) in [6.45, 7) is 0. The molecule has 0 bridgehead atoms. The first kappa shape index (κ1) is 17.9. The molecule has 0 spiro atoms. The number of furan rings is 1. The van der Waals surface area contributed by atoms with E-state index in [1.54, 1.807) is 54.9 Å². The summed E-state index contributed by atoms with van der Waals surface area (Å²) in [6.07, 6.45) is 4.85. The minimum absolute atomic E-state index is 0.0513. The highest BCUT2D eigenvalue weighted by Crippen LogP contribution is 2.31. The van der Waals surface area contributed by atoms with Crippen LogP contribution in [0, 0.1) is 10.1 Å². The van der Waals surface area contributed by atoms with Crippen molar-refractivity contribution in [3.05, 3.63) is 91.7 Å². The SMILES string of the molecule is O=c1c(=Cc2ccc(-c3ccccc3[N+](=O)[O-])o2)sc2nc(-c3cccnc3)nn12. The average molecular weight is 417 g/mol. The van der Waals surface area contributed by atoms with Crippen LogP contribution in [0.4, 0.5) is 5.69 Å². The highest BCUT2D eigenvalue weighted by Gasteiger charge is 2.17. The van der Waals surface area contributed by atoms with E-state index in [4.69, 9.17) is 4.42 Å². The third-order valence-corrected chi connectivity index (χ3v) is 5.33. The molecular formula is C20H11N5O4S. The Kier molecular flexibility index (Phi) is 4.18. The standard InChI is InChI=1S/C20H11N5O4S/c26-19-17(30-20-22-18(23-24(19)20)12-4-3-9-21-11-12)10-13-7-8-16(29-13)14-5-1-2-6-15(14)25(27)28/h1-11H.